The number of allylic oxidation sites excluding steroid dienone is 4. The van der Waals surface area contributed by atoms with E-state index in [1.165, 1.54) is 6.08 Å². The molecule has 5 aliphatic rings. The van der Waals surface area contributed by atoms with E-state index in [0.717, 1.165) is 0 Å². The zero-order chi connectivity index (χ0) is 37.5. The summed E-state index contributed by atoms with van der Waals surface area (Å²) in [5, 5.41) is 59.0. The topological polar surface area (TPSA) is 177 Å². The summed E-state index contributed by atoms with van der Waals surface area (Å²) >= 11 is 0. The van der Waals surface area contributed by atoms with Crippen molar-refractivity contribution >= 4 is 17.7 Å². The molecule has 2 saturated carbocycles. The summed E-state index contributed by atoms with van der Waals surface area (Å²) in [5.74, 6) is -3.01. The minimum Gasteiger partial charge on any atom is -0.463 e. The maximum Gasteiger partial charge on any atom is 0.308 e. The number of carbonyl (C=O) groups is 3. The summed E-state index contributed by atoms with van der Waals surface area (Å²) in [6.07, 6.45) is 4.62. The Hall–Kier alpha value is -2.22. The smallest absolute Gasteiger partial charge is 0.308 e. The molecule has 11 nitrogen and oxygen atoms in total. The van der Waals surface area contributed by atoms with Crippen LogP contribution in [0.4, 0.5) is 4.39 Å². The summed E-state index contributed by atoms with van der Waals surface area (Å²) in [5.41, 5.74) is -5.48. The highest BCUT2D eigenvalue weighted by molar-refractivity contribution is 5.93. The summed E-state index contributed by atoms with van der Waals surface area (Å²) in [7, 11) is 0. The molecule has 13 atom stereocenters. The highest BCUT2D eigenvalue weighted by Crippen LogP contribution is 2.70. The lowest BCUT2D eigenvalue weighted by Gasteiger charge is -2.61. The second-order valence-corrected chi connectivity index (χ2v) is 16.9. The Kier molecular flexibility index (Phi) is 12.0. The van der Waals surface area contributed by atoms with Gasteiger partial charge in [-0.05, 0) is 89.7 Å². The fourth-order valence-corrected chi connectivity index (χ4v) is 10.5. The maximum absolute atomic E-state index is 17.5. The highest BCUT2D eigenvalue weighted by atomic mass is 19.1. The standard InChI is InChI=1S/C39H61FN2O9/c1-23-9-6-10-27(43)11-7-17-42(25(3)33(47)31(45)22-51-34(23)48)18-8-16-41-35(49)39(50)24(2)19-30-29-13-12-26-20-28(44)14-15-36(26,4)38(29,40)32(46)21-37(30,39)5/h12,14-15,23-25,27,29-33,43,45-47,50H,6-11,13,16-22H2,1-5H3,(H,41,49)/t23-,24-,25-,27+,29?,30?,31-,32+,33-,36+,37+,38+,39+/m1/s1. The van der Waals surface area contributed by atoms with Crippen LogP contribution in [0.3, 0.4) is 0 Å². The van der Waals surface area contributed by atoms with Crippen molar-refractivity contribution in [3.8, 4) is 0 Å². The fraction of sp³-hybridized carbons (Fsp3) is 0.821. The van der Waals surface area contributed by atoms with Crippen LogP contribution < -0.4 is 5.32 Å². The lowest BCUT2D eigenvalue weighted by molar-refractivity contribution is -0.215. The number of aliphatic hydroxyl groups is 5. The third kappa shape index (κ3) is 6.98. The van der Waals surface area contributed by atoms with Crippen LogP contribution in [0.1, 0.15) is 98.8 Å². The molecule has 5 rings (SSSR count). The summed E-state index contributed by atoms with van der Waals surface area (Å²) in [6.45, 7) is 9.71. The lowest BCUT2D eigenvalue weighted by atomic mass is 9.45. The molecular weight excluding hydrogens is 659 g/mol. The van der Waals surface area contributed by atoms with Gasteiger partial charge in [0.2, 0.25) is 0 Å². The van der Waals surface area contributed by atoms with E-state index in [1.807, 2.05) is 17.9 Å². The van der Waals surface area contributed by atoms with E-state index in [-0.39, 0.29) is 43.6 Å². The van der Waals surface area contributed by atoms with Crippen LogP contribution in [0.2, 0.25) is 0 Å². The molecule has 0 bridgehead atoms. The quantitative estimate of drug-likeness (QED) is 0.141. The average molecular weight is 721 g/mol. The summed E-state index contributed by atoms with van der Waals surface area (Å²) in [4.78, 5) is 40.5. The Morgan fingerprint density at radius 3 is 2.49 bits per heavy atom. The molecule has 1 amide bonds. The number of ketones is 1. The minimum absolute atomic E-state index is 0.0928. The van der Waals surface area contributed by atoms with E-state index in [9.17, 15) is 39.9 Å². The van der Waals surface area contributed by atoms with E-state index in [0.29, 0.717) is 70.0 Å². The van der Waals surface area contributed by atoms with Crippen molar-refractivity contribution in [1.29, 1.82) is 0 Å². The molecule has 4 aliphatic carbocycles. The molecule has 0 spiro atoms. The highest BCUT2D eigenvalue weighted by Gasteiger charge is 2.75. The number of hydrogen-bond acceptors (Lipinski definition) is 10. The second kappa shape index (κ2) is 15.3. The van der Waals surface area contributed by atoms with Gasteiger partial charge in [0.15, 0.2) is 17.1 Å². The first-order chi connectivity index (χ1) is 23.9. The van der Waals surface area contributed by atoms with Gasteiger partial charge in [-0.2, -0.15) is 0 Å². The van der Waals surface area contributed by atoms with Gasteiger partial charge in [0, 0.05) is 42.3 Å². The van der Waals surface area contributed by atoms with Crippen molar-refractivity contribution in [1.82, 2.24) is 10.2 Å². The Bertz CT molecular complexity index is 1380. The van der Waals surface area contributed by atoms with Crippen LogP contribution in [-0.4, -0.2) is 116 Å². The van der Waals surface area contributed by atoms with Gasteiger partial charge in [0.05, 0.1) is 24.2 Å². The molecule has 0 radical (unpaired) electrons. The monoisotopic (exact) mass is 720 g/mol. The first-order valence-electron chi connectivity index (χ1n) is 19.2. The number of fused-ring (bicyclic) bond motifs is 5. The van der Waals surface area contributed by atoms with Gasteiger partial charge in [-0.1, -0.05) is 44.9 Å². The van der Waals surface area contributed by atoms with Crippen molar-refractivity contribution in [2.75, 3.05) is 26.2 Å². The minimum atomic E-state index is -2.05. The number of ether oxygens (including phenoxy) is 1. The zero-order valence-corrected chi connectivity index (χ0v) is 31.0. The number of cyclic esters (lactones) is 1. The molecule has 51 heavy (non-hydrogen) atoms. The summed E-state index contributed by atoms with van der Waals surface area (Å²) in [6, 6.07) is -0.526. The molecule has 6 N–H and O–H groups in total. The third-order valence-corrected chi connectivity index (χ3v) is 13.9. The Morgan fingerprint density at radius 1 is 1.06 bits per heavy atom. The number of carbonyl (C=O) groups excluding carboxylic acids is 3. The van der Waals surface area contributed by atoms with Crippen molar-refractivity contribution < 1.29 is 49.0 Å². The molecule has 0 aromatic rings. The molecule has 12 heteroatoms. The molecular formula is C39H61FN2O9. The van der Waals surface area contributed by atoms with Crippen LogP contribution in [0.15, 0.2) is 23.8 Å². The van der Waals surface area contributed by atoms with Gasteiger partial charge in [-0.3, -0.25) is 19.3 Å². The molecule has 3 fully saturated rings. The maximum atomic E-state index is 17.5. The van der Waals surface area contributed by atoms with E-state index < -0.39 is 76.3 Å². The van der Waals surface area contributed by atoms with Gasteiger partial charge in [0.1, 0.15) is 12.7 Å². The molecule has 288 valence electrons. The van der Waals surface area contributed by atoms with Crippen LogP contribution >= 0.6 is 0 Å². The average Bonchev–Trinajstić information content (AvgIpc) is 3.28. The van der Waals surface area contributed by atoms with Crippen LogP contribution in [0.5, 0.6) is 0 Å². The van der Waals surface area contributed by atoms with Crippen molar-refractivity contribution in [2.45, 2.75) is 141 Å². The number of nitrogens with one attached hydrogen (secondary N) is 1. The first kappa shape index (κ1) is 40.0. The number of hydrogen-bond donors (Lipinski definition) is 6. The van der Waals surface area contributed by atoms with Gasteiger partial charge in [0.25, 0.3) is 5.91 Å². The number of halogens is 1. The van der Waals surface area contributed by atoms with Crippen LogP contribution in [0.25, 0.3) is 0 Å². The molecule has 1 saturated heterocycles. The van der Waals surface area contributed by atoms with E-state index >= 15 is 4.39 Å². The SMILES string of the molecule is C[C@@H]1CCC[C@H](O)CCCN(CCCNC(=O)[C@@]2(O)[C@H](C)CC3C4CC=C5CC(=O)C=C[C@]5(C)[C@@]4(F)[C@@H](O)C[C@@]32C)[C@H](C)[C@@H](O)[C@H](O)COC1=O. The number of rotatable bonds is 5. The number of amides is 1. The van der Waals surface area contributed by atoms with Gasteiger partial charge < -0.3 is 35.6 Å². The molecule has 1 heterocycles. The van der Waals surface area contributed by atoms with E-state index in [4.69, 9.17) is 4.74 Å². The number of esters is 1. The Morgan fingerprint density at radius 2 is 1.76 bits per heavy atom. The fourth-order valence-electron chi connectivity index (χ4n) is 10.5. The van der Waals surface area contributed by atoms with Gasteiger partial charge >= 0.3 is 5.97 Å². The normalized spacial score (nSPS) is 45.7. The van der Waals surface area contributed by atoms with Gasteiger partial charge in [-0.15, -0.1) is 0 Å². The Labute approximate surface area is 301 Å². The number of alkyl halides is 1. The van der Waals surface area contributed by atoms with Crippen molar-refractivity contribution in [3.05, 3.63) is 23.8 Å². The lowest BCUT2D eigenvalue weighted by Crippen LogP contribution is -2.69. The largest absolute Gasteiger partial charge is 0.463 e. The molecule has 1 aliphatic heterocycles. The van der Waals surface area contributed by atoms with E-state index in [2.05, 4.69) is 5.32 Å². The van der Waals surface area contributed by atoms with Crippen molar-refractivity contribution in [2.24, 2.45) is 34.5 Å². The molecule has 0 aromatic carbocycles. The predicted octanol–water partition coefficient (Wildman–Crippen LogP) is 2.76. The van der Waals surface area contributed by atoms with Gasteiger partial charge in [-0.25, -0.2) is 4.39 Å². The van der Waals surface area contributed by atoms with Crippen LogP contribution in [-0.2, 0) is 19.1 Å². The van der Waals surface area contributed by atoms with Crippen LogP contribution in [0, 0.1) is 34.5 Å². The summed E-state index contributed by atoms with van der Waals surface area (Å²) < 4.78 is 22.8. The predicted molar refractivity (Wildman–Crippen MR) is 188 cm³/mol. The molecule has 0 aromatic heterocycles. The number of aliphatic hydroxyl groups excluding tert-OH is 4. The third-order valence-electron chi connectivity index (χ3n) is 13.9. The second-order valence-electron chi connectivity index (χ2n) is 16.9. The van der Waals surface area contributed by atoms with Crippen molar-refractivity contribution in [3.63, 3.8) is 0 Å². The first-order valence-corrected chi connectivity index (χ1v) is 19.2. The molecule has 2 unspecified atom stereocenters. The Balaban J connectivity index is 1.25. The zero-order valence-electron chi connectivity index (χ0n) is 31.0. The number of nitrogens with zero attached hydrogens (tertiary/aromatic N) is 1. The van der Waals surface area contributed by atoms with E-state index in [1.54, 1.807) is 33.8 Å².